The zero-order chi connectivity index (χ0) is 13.5. The first-order valence-corrected chi connectivity index (χ1v) is 7.16. The molecule has 0 atom stereocenters. The van der Waals surface area contributed by atoms with Crippen LogP contribution in [-0.4, -0.2) is 18.1 Å². The topological polar surface area (TPSA) is 26.3 Å². The third-order valence-corrected chi connectivity index (χ3v) is 3.60. The van der Waals surface area contributed by atoms with E-state index >= 15 is 0 Å². The van der Waals surface area contributed by atoms with Crippen LogP contribution in [0.5, 0.6) is 5.75 Å². The van der Waals surface area contributed by atoms with E-state index in [1.807, 2.05) is 30.3 Å². The third kappa shape index (κ3) is 4.45. The lowest BCUT2D eigenvalue weighted by molar-refractivity contribution is 0.101. The Morgan fingerprint density at radius 2 is 1.74 bits per heavy atom. The molecular weight excluding hydrogens is 256 g/mol. The molecule has 0 aliphatic heterocycles. The van der Waals surface area contributed by atoms with Gasteiger partial charge in [-0.3, -0.25) is 4.79 Å². The highest BCUT2D eigenvalue weighted by Gasteiger charge is 1.99. The summed E-state index contributed by atoms with van der Waals surface area (Å²) in [6, 6.07) is 17.5. The molecule has 0 unspecified atom stereocenters. The number of hydrogen-bond acceptors (Lipinski definition) is 3. The van der Waals surface area contributed by atoms with E-state index in [0.717, 1.165) is 11.5 Å². The van der Waals surface area contributed by atoms with Crippen LogP contribution in [0.15, 0.2) is 59.5 Å². The van der Waals surface area contributed by atoms with Gasteiger partial charge in [-0.1, -0.05) is 18.2 Å². The number of rotatable bonds is 6. The van der Waals surface area contributed by atoms with Gasteiger partial charge in [0.25, 0.3) is 0 Å². The van der Waals surface area contributed by atoms with Crippen molar-refractivity contribution in [1.82, 2.24) is 0 Å². The highest BCUT2D eigenvalue weighted by Crippen LogP contribution is 2.18. The van der Waals surface area contributed by atoms with Crippen molar-refractivity contribution in [3.63, 3.8) is 0 Å². The first-order chi connectivity index (χ1) is 9.25. The first kappa shape index (κ1) is 13.7. The van der Waals surface area contributed by atoms with Crippen molar-refractivity contribution < 1.29 is 9.53 Å². The van der Waals surface area contributed by atoms with E-state index in [-0.39, 0.29) is 5.78 Å². The maximum atomic E-state index is 11.1. The van der Waals surface area contributed by atoms with Crippen molar-refractivity contribution in [2.75, 3.05) is 12.4 Å². The van der Waals surface area contributed by atoms with Gasteiger partial charge in [0.15, 0.2) is 5.78 Å². The second-order valence-electron chi connectivity index (χ2n) is 4.09. The van der Waals surface area contributed by atoms with Crippen molar-refractivity contribution in [1.29, 1.82) is 0 Å². The fraction of sp³-hybridized carbons (Fsp3) is 0.188. The van der Waals surface area contributed by atoms with E-state index in [2.05, 4.69) is 12.1 Å². The van der Waals surface area contributed by atoms with Crippen molar-refractivity contribution in [2.45, 2.75) is 11.8 Å². The Labute approximate surface area is 117 Å². The molecule has 19 heavy (non-hydrogen) atoms. The number of hydrogen-bond donors (Lipinski definition) is 0. The summed E-state index contributed by atoms with van der Waals surface area (Å²) in [5.41, 5.74) is 0.714. The number of benzene rings is 2. The van der Waals surface area contributed by atoms with Crippen LogP contribution < -0.4 is 4.74 Å². The van der Waals surface area contributed by atoms with Crippen molar-refractivity contribution in [3.8, 4) is 5.75 Å². The zero-order valence-corrected chi connectivity index (χ0v) is 11.7. The van der Waals surface area contributed by atoms with Gasteiger partial charge in [0, 0.05) is 16.2 Å². The van der Waals surface area contributed by atoms with Crippen LogP contribution in [0.2, 0.25) is 0 Å². The summed E-state index contributed by atoms with van der Waals surface area (Å²) in [5, 5.41) is 0. The Kier molecular flexibility index (Phi) is 5.04. The van der Waals surface area contributed by atoms with E-state index in [0.29, 0.717) is 12.2 Å². The molecule has 0 amide bonds. The number of Topliss-reactive ketones (excluding diaryl/α,β-unsaturated/α-hetero) is 1. The Morgan fingerprint density at radius 1 is 1.05 bits per heavy atom. The number of ether oxygens (including phenoxy) is 1. The summed E-state index contributed by atoms with van der Waals surface area (Å²) in [6.07, 6.45) is 0. The fourth-order valence-electron chi connectivity index (χ4n) is 1.62. The molecule has 3 heteroatoms. The number of carbonyl (C=O) groups is 1. The van der Waals surface area contributed by atoms with Crippen molar-refractivity contribution in [3.05, 3.63) is 60.2 Å². The van der Waals surface area contributed by atoms with Crippen molar-refractivity contribution in [2.24, 2.45) is 0 Å². The summed E-state index contributed by atoms with van der Waals surface area (Å²) in [6.45, 7) is 2.21. The summed E-state index contributed by atoms with van der Waals surface area (Å²) in [7, 11) is 0. The molecule has 0 heterocycles. The minimum absolute atomic E-state index is 0.0752. The Hall–Kier alpha value is -1.74. The number of thioether (sulfide) groups is 1. The smallest absolute Gasteiger partial charge is 0.159 e. The molecule has 0 radical (unpaired) electrons. The van der Waals surface area contributed by atoms with E-state index in [1.54, 1.807) is 30.8 Å². The minimum Gasteiger partial charge on any atom is -0.493 e. The highest BCUT2D eigenvalue weighted by atomic mass is 32.2. The van der Waals surface area contributed by atoms with Crippen LogP contribution in [0.25, 0.3) is 0 Å². The van der Waals surface area contributed by atoms with E-state index in [1.165, 1.54) is 4.90 Å². The second kappa shape index (κ2) is 7.00. The quantitative estimate of drug-likeness (QED) is 0.450. The minimum atomic E-state index is 0.0752. The SMILES string of the molecule is CC(=O)c1ccc(OCCSc2ccccc2)cc1. The van der Waals surface area contributed by atoms with Crippen LogP contribution in [0, 0.1) is 0 Å². The molecule has 0 bridgehead atoms. The molecule has 0 aliphatic carbocycles. The van der Waals surface area contributed by atoms with Gasteiger partial charge < -0.3 is 4.74 Å². The van der Waals surface area contributed by atoms with Gasteiger partial charge in [0.2, 0.25) is 0 Å². The molecule has 0 aliphatic rings. The van der Waals surface area contributed by atoms with Gasteiger partial charge >= 0.3 is 0 Å². The predicted molar refractivity (Wildman–Crippen MR) is 79.1 cm³/mol. The molecule has 2 aromatic carbocycles. The Bertz CT molecular complexity index is 520. The lowest BCUT2D eigenvalue weighted by Gasteiger charge is -2.06. The standard InChI is InChI=1S/C16H16O2S/c1-13(17)14-7-9-15(10-8-14)18-11-12-19-16-5-3-2-4-6-16/h2-10H,11-12H2,1H3. The van der Waals surface area contributed by atoms with E-state index in [9.17, 15) is 4.79 Å². The van der Waals surface area contributed by atoms with Gasteiger partial charge in [-0.15, -0.1) is 11.8 Å². The summed E-state index contributed by atoms with van der Waals surface area (Å²) in [4.78, 5) is 12.4. The highest BCUT2D eigenvalue weighted by molar-refractivity contribution is 7.99. The Balaban J connectivity index is 1.75. The van der Waals surface area contributed by atoms with Crippen molar-refractivity contribution >= 4 is 17.5 Å². The molecular formula is C16H16O2S. The summed E-state index contributed by atoms with van der Waals surface area (Å²) < 4.78 is 5.63. The van der Waals surface area contributed by atoms with Crippen LogP contribution in [-0.2, 0) is 0 Å². The van der Waals surface area contributed by atoms with E-state index in [4.69, 9.17) is 4.74 Å². The lowest BCUT2D eigenvalue weighted by atomic mass is 10.1. The third-order valence-electron chi connectivity index (χ3n) is 2.62. The molecule has 2 aromatic rings. The second-order valence-corrected chi connectivity index (χ2v) is 5.26. The average Bonchev–Trinajstić information content (AvgIpc) is 2.45. The van der Waals surface area contributed by atoms with Gasteiger partial charge in [-0.05, 0) is 43.3 Å². The van der Waals surface area contributed by atoms with Crippen LogP contribution in [0.4, 0.5) is 0 Å². The molecule has 2 rings (SSSR count). The van der Waals surface area contributed by atoms with Gasteiger partial charge in [-0.25, -0.2) is 0 Å². The number of ketones is 1. The molecule has 0 spiro atoms. The maximum Gasteiger partial charge on any atom is 0.159 e. The maximum absolute atomic E-state index is 11.1. The van der Waals surface area contributed by atoms with Gasteiger partial charge in [-0.2, -0.15) is 0 Å². The molecule has 0 saturated carbocycles. The summed E-state index contributed by atoms with van der Waals surface area (Å²) >= 11 is 1.77. The molecule has 2 nitrogen and oxygen atoms in total. The molecule has 0 N–H and O–H groups in total. The molecule has 0 aromatic heterocycles. The van der Waals surface area contributed by atoms with Crippen LogP contribution in [0.3, 0.4) is 0 Å². The predicted octanol–water partition coefficient (Wildman–Crippen LogP) is 4.06. The summed E-state index contributed by atoms with van der Waals surface area (Å²) in [5.74, 6) is 1.78. The monoisotopic (exact) mass is 272 g/mol. The average molecular weight is 272 g/mol. The normalized spacial score (nSPS) is 10.2. The van der Waals surface area contributed by atoms with E-state index < -0.39 is 0 Å². The first-order valence-electron chi connectivity index (χ1n) is 6.17. The molecule has 0 fully saturated rings. The van der Waals surface area contributed by atoms with Crippen LogP contribution >= 0.6 is 11.8 Å². The largest absolute Gasteiger partial charge is 0.493 e. The number of carbonyl (C=O) groups excluding carboxylic acids is 1. The Morgan fingerprint density at radius 3 is 2.37 bits per heavy atom. The fourth-order valence-corrected chi connectivity index (χ4v) is 2.37. The van der Waals surface area contributed by atoms with Gasteiger partial charge in [0.05, 0.1) is 6.61 Å². The zero-order valence-electron chi connectivity index (χ0n) is 10.8. The van der Waals surface area contributed by atoms with Crippen LogP contribution in [0.1, 0.15) is 17.3 Å². The molecule has 0 saturated heterocycles. The lowest BCUT2D eigenvalue weighted by Crippen LogP contribution is -2.00. The molecule has 98 valence electrons. The van der Waals surface area contributed by atoms with Gasteiger partial charge in [0.1, 0.15) is 5.75 Å².